The molecule has 29 heavy (non-hydrogen) atoms. The molecule has 0 aromatic heterocycles. The molecule has 1 unspecified atom stereocenters. The lowest BCUT2D eigenvalue weighted by atomic mass is 10.0. The summed E-state index contributed by atoms with van der Waals surface area (Å²) in [6.07, 6.45) is 4.09. The summed E-state index contributed by atoms with van der Waals surface area (Å²) in [5.41, 5.74) is 1.33. The second-order valence-electron chi connectivity index (χ2n) is 8.26. The Hall–Kier alpha value is -2.34. The van der Waals surface area contributed by atoms with Crippen LogP contribution in [0.15, 0.2) is 42.0 Å². The van der Waals surface area contributed by atoms with Gasteiger partial charge in [0.05, 0.1) is 0 Å². The zero-order valence-electron chi connectivity index (χ0n) is 18.1. The largest absolute Gasteiger partial charge is 0.484 e. The van der Waals surface area contributed by atoms with Crippen molar-refractivity contribution < 1.29 is 14.3 Å². The van der Waals surface area contributed by atoms with Crippen molar-refractivity contribution in [3.8, 4) is 5.75 Å². The van der Waals surface area contributed by atoms with Crippen molar-refractivity contribution in [3.05, 3.63) is 42.0 Å². The van der Waals surface area contributed by atoms with Crippen LogP contribution in [0.2, 0.25) is 0 Å². The number of likely N-dealkylation sites (tertiary alicyclic amines) is 1. The maximum Gasteiger partial charge on any atom is 0.258 e. The Morgan fingerprint density at radius 2 is 1.83 bits per heavy atom. The van der Waals surface area contributed by atoms with Gasteiger partial charge in [-0.2, -0.15) is 0 Å². The lowest BCUT2D eigenvalue weighted by Crippen LogP contribution is -2.54. The van der Waals surface area contributed by atoms with Gasteiger partial charge >= 0.3 is 0 Å². The molecule has 6 heteroatoms. The lowest BCUT2D eigenvalue weighted by molar-refractivity contribution is -0.131. The molecule has 0 radical (unpaired) electrons. The number of allylic oxidation sites excluding steroid dienone is 1. The summed E-state index contributed by atoms with van der Waals surface area (Å²) in [6, 6.07) is 8.77. The van der Waals surface area contributed by atoms with E-state index in [1.807, 2.05) is 32.0 Å². The quantitative estimate of drug-likeness (QED) is 0.624. The second kappa shape index (κ2) is 11.6. The van der Waals surface area contributed by atoms with Crippen molar-refractivity contribution in [2.24, 2.45) is 5.92 Å². The number of nitrogens with one attached hydrogen (secondary N) is 2. The minimum absolute atomic E-state index is 0.00608. The van der Waals surface area contributed by atoms with Gasteiger partial charge in [-0.25, -0.2) is 0 Å². The third-order valence-corrected chi connectivity index (χ3v) is 5.07. The van der Waals surface area contributed by atoms with Gasteiger partial charge in [0.1, 0.15) is 11.8 Å². The molecular weight excluding hydrogens is 366 g/mol. The van der Waals surface area contributed by atoms with Crippen LogP contribution in [0.1, 0.15) is 40.5 Å². The Bertz CT molecular complexity index is 676. The van der Waals surface area contributed by atoms with E-state index in [0.717, 1.165) is 32.5 Å². The highest BCUT2D eigenvalue weighted by Gasteiger charge is 2.27. The molecule has 2 amide bonds. The standard InChI is InChI=1S/C23H35N3O3/c1-17(2)10-13-26-14-11-19(12-15-26)24-23(28)22(18(3)4)25-21(27)16-29-20-8-6-5-7-9-20/h5-10,18-19,22H,11-16H2,1-4H3,(H,24,28)(H,25,27). The van der Waals surface area contributed by atoms with E-state index in [2.05, 4.69) is 35.5 Å². The summed E-state index contributed by atoms with van der Waals surface area (Å²) in [4.78, 5) is 27.4. The number of hydrogen-bond donors (Lipinski definition) is 2. The van der Waals surface area contributed by atoms with Gasteiger partial charge in [0.2, 0.25) is 5.91 Å². The zero-order valence-corrected chi connectivity index (χ0v) is 18.1. The number of piperidine rings is 1. The van der Waals surface area contributed by atoms with Gasteiger partial charge in [-0.1, -0.05) is 43.7 Å². The first kappa shape index (κ1) is 22.9. The summed E-state index contributed by atoms with van der Waals surface area (Å²) < 4.78 is 5.48. The predicted octanol–water partition coefficient (Wildman–Crippen LogP) is 2.75. The second-order valence-corrected chi connectivity index (χ2v) is 8.26. The highest BCUT2D eigenvalue weighted by atomic mass is 16.5. The van der Waals surface area contributed by atoms with Crippen LogP contribution in [0.5, 0.6) is 5.75 Å². The van der Waals surface area contributed by atoms with Crippen molar-refractivity contribution in [2.75, 3.05) is 26.2 Å². The number of carbonyl (C=O) groups is 2. The first-order valence-electron chi connectivity index (χ1n) is 10.5. The van der Waals surface area contributed by atoms with Gasteiger partial charge in [0.25, 0.3) is 5.91 Å². The van der Waals surface area contributed by atoms with Gasteiger partial charge in [-0.15, -0.1) is 0 Å². The van der Waals surface area contributed by atoms with Crippen LogP contribution in [0.3, 0.4) is 0 Å². The number of carbonyl (C=O) groups excluding carboxylic acids is 2. The maximum absolute atomic E-state index is 12.8. The number of ether oxygens (including phenoxy) is 1. The fourth-order valence-corrected chi connectivity index (χ4v) is 3.28. The molecule has 160 valence electrons. The number of nitrogens with zero attached hydrogens (tertiary/aromatic N) is 1. The molecule has 0 bridgehead atoms. The number of benzene rings is 1. The van der Waals surface area contributed by atoms with Crippen LogP contribution in [-0.2, 0) is 9.59 Å². The molecule has 2 N–H and O–H groups in total. The number of hydrogen-bond acceptors (Lipinski definition) is 4. The van der Waals surface area contributed by atoms with Crippen LogP contribution in [0, 0.1) is 5.92 Å². The molecule has 6 nitrogen and oxygen atoms in total. The van der Waals surface area contributed by atoms with Gasteiger partial charge in [-0.3, -0.25) is 14.5 Å². The minimum atomic E-state index is -0.564. The molecule has 1 aromatic carbocycles. The Balaban J connectivity index is 1.78. The van der Waals surface area contributed by atoms with E-state index in [0.29, 0.717) is 5.75 Å². The highest BCUT2D eigenvalue weighted by Crippen LogP contribution is 2.12. The van der Waals surface area contributed by atoms with Crippen molar-refractivity contribution >= 4 is 11.8 Å². The van der Waals surface area contributed by atoms with Crippen molar-refractivity contribution in [2.45, 2.75) is 52.6 Å². The minimum Gasteiger partial charge on any atom is -0.484 e. The van der Waals surface area contributed by atoms with Crippen molar-refractivity contribution in [1.29, 1.82) is 0 Å². The monoisotopic (exact) mass is 401 g/mol. The van der Waals surface area contributed by atoms with Crippen molar-refractivity contribution in [1.82, 2.24) is 15.5 Å². The van der Waals surface area contributed by atoms with Gasteiger partial charge in [0.15, 0.2) is 6.61 Å². The zero-order chi connectivity index (χ0) is 21.2. The van der Waals surface area contributed by atoms with E-state index in [1.54, 1.807) is 12.1 Å². The third-order valence-electron chi connectivity index (χ3n) is 5.07. The Morgan fingerprint density at radius 1 is 1.17 bits per heavy atom. The Kier molecular flexibility index (Phi) is 9.19. The summed E-state index contributed by atoms with van der Waals surface area (Å²) in [5.74, 6) is 0.219. The summed E-state index contributed by atoms with van der Waals surface area (Å²) in [6.45, 7) is 10.9. The summed E-state index contributed by atoms with van der Waals surface area (Å²) in [5, 5.41) is 5.95. The number of rotatable bonds is 9. The average molecular weight is 402 g/mol. The van der Waals surface area contributed by atoms with Crippen LogP contribution in [-0.4, -0.2) is 55.0 Å². The molecule has 1 aromatic rings. The molecule has 1 saturated heterocycles. The van der Waals surface area contributed by atoms with Crippen LogP contribution in [0.4, 0.5) is 0 Å². The molecule has 1 aliphatic rings. The number of amides is 2. The van der Waals surface area contributed by atoms with Crippen LogP contribution < -0.4 is 15.4 Å². The van der Waals surface area contributed by atoms with Gasteiger partial charge < -0.3 is 15.4 Å². The predicted molar refractivity (Wildman–Crippen MR) is 116 cm³/mol. The normalized spacial score (nSPS) is 16.2. The lowest BCUT2D eigenvalue weighted by Gasteiger charge is -2.33. The fourth-order valence-electron chi connectivity index (χ4n) is 3.28. The molecule has 0 aliphatic carbocycles. The topological polar surface area (TPSA) is 70.7 Å². The van der Waals surface area contributed by atoms with Crippen LogP contribution in [0.25, 0.3) is 0 Å². The Morgan fingerprint density at radius 3 is 2.41 bits per heavy atom. The number of para-hydroxylation sites is 1. The van der Waals surface area contributed by atoms with E-state index in [4.69, 9.17) is 4.74 Å². The first-order valence-corrected chi connectivity index (χ1v) is 10.5. The van der Waals surface area contributed by atoms with E-state index in [-0.39, 0.29) is 30.4 Å². The van der Waals surface area contributed by atoms with E-state index in [1.165, 1.54) is 5.57 Å². The summed E-state index contributed by atoms with van der Waals surface area (Å²) in [7, 11) is 0. The molecule has 1 atom stereocenters. The molecule has 0 saturated carbocycles. The smallest absolute Gasteiger partial charge is 0.258 e. The third kappa shape index (κ3) is 8.28. The van der Waals surface area contributed by atoms with Gasteiger partial charge in [-0.05, 0) is 44.7 Å². The molecule has 1 heterocycles. The molecule has 0 spiro atoms. The molecule has 1 aliphatic heterocycles. The summed E-state index contributed by atoms with van der Waals surface area (Å²) >= 11 is 0. The highest BCUT2D eigenvalue weighted by molar-refractivity contribution is 5.88. The average Bonchev–Trinajstić information content (AvgIpc) is 2.70. The molecule has 1 fully saturated rings. The first-order chi connectivity index (χ1) is 13.8. The van der Waals surface area contributed by atoms with E-state index in [9.17, 15) is 9.59 Å². The van der Waals surface area contributed by atoms with Gasteiger partial charge in [0, 0.05) is 25.7 Å². The fraction of sp³-hybridized carbons (Fsp3) is 0.565. The molecule has 2 rings (SSSR count). The maximum atomic E-state index is 12.8. The van der Waals surface area contributed by atoms with E-state index >= 15 is 0 Å². The van der Waals surface area contributed by atoms with E-state index < -0.39 is 6.04 Å². The van der Waals surface area contributed by atoms with Crippen LogP contribution >= 0.6 is 0 Å². The SMILES string of the molecule is CC(C)=CCN1CCC(NC(=O)C(NC(=O)COc2ccccc2)C(C)C)CC1. The Labute approximate surface area is 174 Å². The molecular formula is C23H35N3O3. The van der Waals surface area contributed by atoms with Crippen molar-refractivity contribution in [3.63, 3.8) is 0 Å².